The maximum absolute atomic E-state index is 13.8. The Bertz CT molecular complexity index is 1530. The van der Waals surface area contributed by atoms with Crippen molar-refractivity contribution in [2.24, 2.45) is 0 Å². The van der Waals surface area contributed by atoms with E-state index in [9.17, 15) is 22.0 Å². The van der Waals surface area contributed by atoms with Crippen molar-refractivity contribution in [3.05, 3.63) is 66.4 Å². The second-order valence-corrected chi connectivity index (χ2v) is 10.5. The van der Waals surface area contributed by atoms with Crippen LogP contribution in [0.3, 0.4) is 0 Å². The molecule has 5 rings (SSSR count). The van der Waals surface area contributed by atoms with E-state index in [-0.39, 0.29) is 31.4 Å². The Labute approximate surface area is 217 Å². The van der Waals surface area contributed by atoms with Gasteiger partial charge >= 0.3 is 16.6 Å². The van der Waals surface area contributed by atoms with Crippen LogP contribution in [0, 0.1) is 0 Å². The molecule has 0 atom stereocenters. The van der Waals surface area contributed by atoms with Gasteiger partial charge in [-0.05, 0) is 24.3 Å². The summed E-state index contributed by atoms with van der Waals surface area (Å²) in [5, 5.41) is 7.01. The van der Waals surface area contributed by atoms with Crippen molar-refractivity contribution >= 4 is 27.5 Å². The monoisotopic (exact) mass is 545 g/mol. The molecule has 0 bridgehead atoms. The number of hydrogen-bond acceptors (Lipinski definition) is 7. The van der Waals surface area contributed by atoms with Gasteiger partial charge in [-0.3, -0.25) is 9.10 Å². The number of imidazole rings is 1. The molecule has 0 N–H and O–H groups in total. The van der Waals surface area contributed by atoms with Crippen LogP contribution in [0.2, 0.25) is 0 Å². The van der Waals surface area contributed by atoms with Gasteiger partial charge in [-0.2, -0.15) is 21.5 Å². The molecule has 11 nitrogen and oxygen atoms in total. The maximum Gasteiger partial charge on any atom is 0.314 e. The first-order valence-electron chi connectivity index (χ1n) is 12.0. The Balaban J connectivity index is 1.42. The molecule has 0 saturated carbocycles. The minimum Gasteiger partial charge on any atom is -0.415 e. The average molecular weight is 546 g/mol. The van der Waals surface area contributed by atoms with Crippen molar-refractivity contribution in [1.82, 2.24) is 28.8 Å². The molecule has 1 aromatic carbocycles. The van der Waals surface area contributed by atoms with E-state index < -0.39 is 22.5 Å². The van der Waals surface area contributed by atoms with Crippen molar-refractivity contribution in [2.75, 3.05) is 30.5 Å². The van der Waals surface area contributed by atoms with Crippen LogP contribution >= 0.6 is 0 Å². The highest BCUT2D eigenvalue weighted by molar-refractivity contribution is 7.90. The lowest BCUT2D eigenvalue weighted by Gasteiger charge is -2.37. The molecule has 1 aliphatic heterocycles. The van der Waals surface area contributed by atoms with E-state index in [1.54, 1.807) is 71.1 Å². The molecule has 0 radical (unpaired) electrons. The molecule has 1 saturated heterocycles. The van der Waals surface area contributed by atoms with Crippen LogP contribution in [0.1, 0.15) is 31.4 Å². The Morgan fingerprint density at radius 1 is 1.11 bits per heavy atom. The number of carbonyl (C=O) groups is 1. The van der Waals surface area contributed by atoms with Crippen molar-refractivity contribution < 1.29 is 26.4 Å². The molecule has 1 aliphatic rings. The zero-order valence-corrected chi connectivity index (χ0v) is 21.3. The highest BCUT2D eigenvalue weighted by Gasteiger charge is 2.34. The lowest BCUT2D eigenvalue weighted by Crippen LogP contribution is -2.54. The molecule has 38 heavy (non-hydrogen) atoms. The van der Waals surface area contributed by atoms with Gasteiger partial charge in [0.05, 0.1) is 17.9 Å². The Kier molecular flexibility index (Phi) is 7.08. The van der Waals surface area contributed by atoms with E-state index in [1.807, 2.05) is 0 Å². The van der Waals surface area contributed by atoms with Gasteiger partial charge in [0.25, 0.3) is 5.89 Å². The van der Waals surface area contributed by atoms with Crippen molar-refractivity contribution in [2.45, 2.75) is 26.3 Å². The lowest BCUT2D eigenvalue weighted by atomic mass is 10.2. The summed E-state index contributed by atoms with van der Waals surface area (Å²) in [7, 11) is -3.95. The Morgan fingerprint density at radius 3 is 2.50 bits per heavy atom. The molecular weight excluding hydrogens is 520 g/mol. The first kappa shape index (κ1) is 25.7. The van der Waals surface area contributed by atoms with Crippen LogP contribution < -0.4 is 4.31 Å². The fourth-order valence-corrected chi connectivity index (χ4v) is 5.85. The van der Waals surface area contributed by atoms with Crippen molar-refractivity contribution in [1.29, 1.82) is 0 Å². The van der Waals surface area contributed by atoms with E-state index in [4.69, 9.17) is 4.42 Å². The number of halogens is 2. The summed E-state index contributed by atoms with van der Waals surface area (Å²) in [5.41, 5.74) is 1.79. The molecule has 0 unspecified atom stereocenters. The molecule has 14 heteroatoms. The predicted molar refractivity (Wildman–Crippen MR) is 133 cm³/mol. The third-order valence-corrected chi connectivity index (χ3v) is 8.15. The van der Waals surface area contributed by atoms with Crippen LogP contribution in [0.4, 0.5) is 14.5 Å². The summed E-state index contributed by atoms with van der Waals surface area (Å²) in [4.78, 5) is 18.3. The number of fused-ring (bicyclic) bond motifs is 1. The number of piperazine rings is 1. The number of benzene rings is 1. The summed E-state index contributed by atoms with van der Waals surface area (Å²) >= 11 is 0. The molecule has 4 aromatic rings. The normalized spacial score (nSPS) is 14.9. The SMILES string of the molecule is CCC(=O)N1CCN(S(=O)(=O)N(Cc2cn3ccc(-c4nnc(C(F)F)o4)cc3n2)c2ccccc2)CC1. The van der Waals surface area contributed by atoms with Crippen molar-refractivity contribution in [3.8, 4) is 11.5 Å². The summed E-state index contributed by atoms with van der Waals surface area (Å²) < 4.78 is 62.6. The number of para-hydroxylation sites is 1. The lowest BCUT2D eigenvalue weighted by molar-refractivity contribution is -0.132. The minimum absolute atomic E-state index is 0.00278. The molecular formula is C24H25F2N7O4S. The van der Waals surface area contributed by atoms with Gasteiger partial charge in [0, 0.05) is 50.6 Å². The van der Waals surface area contributed by atoms with Gasteiger partial charge in [0.15, 0.2) is 0 Å². The van der Waals surface area contributed by atoms with Gasteiger partial charge < -0.3 is 13.7 Å². The molecule has 200 valence electrons. The standard InChI is InChI=1S/C24H25F2N7O4S/c1-2-21(34)30-10-12-32(13-11-30)38(35,36)33(19-6-4-3-5-7-19)16-18-15-31-9-8-17(14-20(31)27-18)23-28-29-24(37-23)22(25)26/h3-9,14-15,22H,2,10-13,16H2,1H3. The maximum atomic E-state index is 13.8. The van der Waals surface area contributed by atoms with E-state index in [2.05, 4.69) is 15.2 Å². The third-order valence-electron chi connectivity index (χ3n) is 6.23. The number of alkyl halides is 2. The number of rotatable bonds is 8. The van der Waals surface area contributed by atoms with Crippen molar-refractivity contribution in [3.63, 3.8) is 0 Å². The highest BCUT2D eigenvalue weighted by Crippen LogP contribution is 2.26. The largest absolute Gasteiger partial charge is 0.415 e. The molecule has 1 fully saturated rings. The second kappa shape index (κ2) is 10.5. The van der Waals surface area contributed by atoms with Crippen LogP contribution in [0.5, 0.6) is 0 Å². The molecule has 0 aliphatic carbocycles. The average Bonchev–Trinajstić information content (AvgIpc) is 3.59. The number of anilines is 1. The van der Waals surface area contributed by atoms with E-state index in [1.165, 1.54) is 8.61 Å². The number of aromatic nitrogens is 4. The van der Waals surface area contributed by atoms with Gasteiger partial charge in [-0.15, -0.1) is 10.2 Å². The van der Waals surface area contributed by atoms with Crippen LogP contribution in [0.25, 0.3) is 17.1 Å². The number of pyridine rings is 1. The summed E-state index contributed by atoms with van der Waals surface area (Å²) in [6.07, 6.45) is 0.844. The quantitative estimate of drug-likeness (QED) is 0.334. The van der Waals surface area contributed by atoms with Crippen LogP contribution in [0.15, 0.2) is 59.3 Å². The first-order chi connectivity index (χ1) is 18.3. The number of hydrogen-bond donors (Lipinski definition) is 0. The van der Waals surface area contributed by atoms with Gasteiger partial charge in [0.1, 0.15) is 5.65 Å². The van der Waals surface area contributed by atoms with Crippen LogP contribution in [-0.4, -0.2) is 69.3 Å². The molecule has 0 spiro atoms. The van der Waals surface area contributed by atoms with Gasteiger partial charge in [0.2, 0.25) is 11.8 Å². The predicted octanol–water partition coefficient (Wildman–Crippen LogP) is 3.13. The molecule has 4 heterocycles. The molecule has 1 amide bonds. The number of nitrogens with zero attached hydrogens (tertiary/aromatic N) is 7. The highest BCUT2D eigenvalue weighted by atomic mass is 32.2. The zero-order chi connectivity index (χ0) is 26.9. The fourth-order valence-electron chi connectivity index (χ4n) is 4.26. The summed E-state index contributed by atoms with van der Waals surface area (Å²) in [5.74, 6) is -0.842. The van der Waals surface area contributed by atoms with E-state index in [0.717, 1.165) is 0 Å². The zero-order valence-electron chi connectivity index (χ0n) is 20.4. The first-order valence-corrected chi connectivity index (χ1v) is 13.4. The van der Waals surface area contributed by atoms with Gasteiger partial charge in [-0.1, -0.05) is 25.1 Å². The van der Waals surface area contributed by atoms with E-state index >= 15 is 0 Å². The number of carbonyl (C=O) groups excluding carboxylic acids is 1. The number of amides is 1. The third kappa shape index (κ3) is 5.09. The molecule has 3 aromatic heterocycles. The van der Waals surface area contributed by atoms with Gasteiger partial charge in [-0.25, -0.2) is 4.98 Å². The second-order valence-electron chi connectivity index (χ2n) is 8.64. The van der Waals surface area contributed by atoms with E-state index in [0.29, 0.717) is 42.1 Å². The Morgan fingerprint density at radius 2 is 1.84 bits per heavy atom. The topological polar surface area (TPSA) is 117 Å². The minimum atomic E-state index is -3.95. The summed E-state index contributed by atoms with van der Waals surface area (Å²) in [6, 6.07) is 11.9. The fraction of sp³-hybridized carbons (Fsp3) is 0.333. The van der Waals surface area contributed by atoms with Crippen LogP contribution in [-0.2, 0) is 21.5 Å². The smallest absolute Gasteiger partial charge is 0.314 e. The Hall–Kier alpha value is -3.91. The summed E-state index contributed by atoms with van der Waals surface area (Å²) in [6.45, 7) is 2.77.